The predicted octanol–water partition coefficient (Wildman–Crippen LogP) is 2.08. The van der Waals surface area contributed by atoms with Gasteiger partial charge in [-0.3, -0.25) is 10.1 Å². The average Bonchev–Trinajstić information content (AvgIpc) is 2.18. The Kier molecular flexibility index (Phi) is 3.17. The van der Waals surface area contributed by atoms with E-state index in [2.05, 4.69) is 6.58 Å². The summed E-state index contributed by atoms with van der Waals surface area (Å²) < 4.78 is 4.85. The van der Waals surface area contributed by atoms with Gasteiger partial charge in [-0.05, 0) is 19.1 Å². The van der Waals surface area contributed by atoms with E-state index >= 15 is 0 Å². The van der Waals surface area contributed by atoms with E-state index in [1.807, 2.05) is 0 Å². The van der Waals surface area contributed by atoms with Crippen molar-refractivity contribution in [1.29, 1.82) is 0 Å². The van der Waals surface area contributed by atoms with Crippen molar-refractivity contribution in [3.63, 3.8) is 0 Å². The van der Waals surface area contributed by atoms with Gasteiger partial charge < -0.3 is 4.74 Å². The molecular formula is C10H9NO4. The van der Waals surface area contributed by atoms with Crippen LogP contribution in [0, 0.1) is 10.1 Å². The normalized spacial score (nSPS) is 9.40. The van der Waals surface area contributed by atoms with Gasteiger partial charge in [-0.25, -0.2) is 4.79 Å². The number of ether oxygens (including phenoxy) is 1. The Morgan fingerprint density at radius 2 is 1.93 bits per heavy atom. The van der Waals surface area contributed by atoms with Crippen LogP contribution in [0.15, 0.2) is 36.4 Å². The minimum atomic E-state index is -0.552. The van der Waals surface area contributed by atoms with Crippen molar-refractivity contribution < 1.29 is 14.5 Å². The molecule has 0 aliphatic heterocycles. The standard InChI is InChI=1S/C10H9NO4/c1-7(2)10(12)15-9-5-3-8(4-6-9)11(13)14/h3-6H,1H2,2H3. The van der Waals surface area contributed by atoms with Crippen LogP contribution in [-0.2, 0) is 4.79 Å². The zero-order chi connectivity index (χ0) is 11.4. The second kappa shape index (κ2) is 4.36. The van der Waals surface area contributed by atoms with Crippen molar-refractivity contribution in [3.8, 4) is 5.75 Å². The lowest BCUT2D eigenvalue weighted by molar-refractivity contribution is -0.384. The van der Waals surface area contributed by atoms with Gasteiger partial charge >= 0.3 is 5.97 Å². The molecule has 0 fully saturated rings. The molecule has 0 bridgehead atoms. The molecule has 0 N–H and O–H groups in total. The highest BCUT2D eigenvalue weighted by molar-refractivity contribution is 5.88. The van der Waals surface area contributed by atoms with Crippen molar-refractivity contribution >= 4 is 11.7 Å². The van der Waals surface area contributed by atoms with Crippen molar-refractivity contribution in [3.05, 3.63) is 46.5 Å². The number of carbonyl (C=O) groups is 1. The SMILES string of the molecule is C=C(C)C(=O)Oc1ccc([N+](=O)[O-])cc1. The van der Waals surface area contributed by atoms with Crippen LogP contribution >= 0.6 is 0 Å². The number of carbonyl (C=O) groups excluding carboxylic acids is 1. The molecule has 0 atom stereocenters. The molecule has 0 aromatic heterocycles. The van der Waals surface area contributed by atoms with Gasteiger partial charge in [0, 0.05) is 17.7 Å². The summed E-state index contributed by atoms with van der Waals surface area (Å²) in [6, 6.07) is 5.25. The second-order valence-corrected chi connectivity index (χ2v) is 2.92. The van der Waals surface area contributed by atoms with E-state index in [4.69, 9.17) is 4.74 Å². The van der Waals surface area contributed by atoms with E-state index in [9.17, 15) is 14.9 Å². The Balaban J connectivity index is 2.77. The lowest BCUT2D eigenvalue weighted by Crippen LogP contribution is -2.07. The molecule has 1 aromatic rings. The number of nitrogens with zero attached hydrogens (tertiary/aromatic N) is 1. The Morgan fingerprint density at radius 1 is 1.40 bits per heavy atom. The third-order valence-electron chi connectivity index (χ3n) is 1.61. The van der Waals surface area contributed by atoms with Gasteiger partial charge in [0.2, 0.25) is 0 Å². The van der Waals surface area contributed by atoms with Gasteiger partial charge in [0.25, 0.3) is 5.69 Å². The van der Waals surface area contributed by atoms with Crippen molar-refractivity contribution in [2.45, 2.75) is 6.92 Å². The summed E-state index contributed by atoms with van der Waals surface area (Å²) in [4.78, 5) is 20.9. The molecule has 0 aliphatic rings. The fourth-order valence-electron chi connectivity index (χ4n) is 0.830. The van der Waals surface area contributed by atoms with Crippen LogP contribution in [0.4, 0.5) is 5.69 Å². The number of hydrogen-bond acceptors (Lipinski definition) is 4. The first-order valence-corrected chi connectivity index (χ1v) is 4.13. The maximum atomic E-state index is 11.1. The van der Waals surface area contributed by atoms with Crippen LogP contribution in [-0.4, -0.2) is 10.9 Å². The Labute approximate surface area is 86.1 Å². The molecule has 0 saturated heterocycles. The summed E-state index contributed by atoms with van der Waals surface area (Å²) in [5.41, 5.74) is 0.221. The van der Waals surface area contributed by atoms with E-state index in [-0.39, 0.29) is 17.0 Å². The fraction of sp³-hybridized carbons (Fsp3) is 0.100. The molecule has 15 heavy (non-hydrogen) atoms. The highest BCUT2D eigenvalue weighted by Gasteiger charge is 2.08. The third-order valence-corrected chi connectivity index (χ3v) is 1.61. The first-order chi connectivity index (χ1) is 7.00. The minimum Gasteiger partial charge on any atom is -0.423 e. The molecule has 0 saturated carbocycles. The Bertz CT molecular complexity index is 408. The summed E-state index contributed by atoms with van der Waals surface area (Å²) >= 11 is 0. The molecule has 5 heteroatoms. The molecule has 0 aliphatic carbocycles. The topological polar surface area (TPSA) is 69.4 Å². The van der Waals surface area contributed by atoms with Crippen LogP contribution < -0.4 is 4.74 Å². The monoisotopic (exact) mass is 207 g/mol. The van der Waals surface area contributed by atoms with E-state index in [0.29, 0.717) is 0 Å². The summed E-state index contributed by atoms with van der Waals surface area (Å²) in [5, 5.41) is 10.3. The Morgan fingerprint density at radius 3 is 2.33 bits per heavy atom. The number of esters is 1. The largest absolute Gasteiger partial charge is 0.423 e. The average molecular weight is 207 g/mol. The van der Waals surface area contributed by atoms with Gasteiger partial charge in [-0.1, -0.05) is 6.58 Å². The van der Waals surface area contributed by atoms with Crippen molar-refractivity contribution in [2.24, 2.45) is 0 Å². The Hall–Kier alpha value is -2.17. The van der Waals surface area contributed by atoms with Crippen molar-refractivity contribution in [2.75, 3.05) is 0 Å². The fourth-order valence-corrected chi connectivity index (χ4v) is 0.830. The summed E-state index contributed by atoms with van der Waals surface area (Å²) in [6.45, 7) is 4.94. The molecule has 1 aromatic carbocycles. The van der Waals surface area contributed by atoms with E-state index in [0.717, 1.165) is 0 Å². The van der Waals surface area contributed by atoms with Crippen molar-refractivity contribution in [1.82, 2.24) is 0 Å². The summed E-state index contributed by atoms with van der Waals surface area (Å²) in [6.07, 6.45) is 0. The first kappa shape index (κ1) is 10.9. The molecule has 5 nitrogen and oxygen atoms in total. The molecule has 0 spiro atoms. The maximum Gasteiger partial charge on any atom is 0.338 e. The molecule has 1 rings (SSSR count). The quantitative estimate of drug-likeness (QED) is 0.250. The number of rotatable bonds is 3. The minimum absolute atomic E-state index is 0.0508. The number of benzene rings is 1. The van der Waals surface area contributed by atoms with Gasteiger partial charge in [-0.15, -0.1) is 0 Å². The van der Waals surface area contributed by atoms with E-state index in [1.165, 1.54) is 31.2 Å². The zero-order valence-corrected chi connectivity index (χ0v) is 8.10. The van der Waals surface area contributed by atoms with Gasteiger partial charge in [0.1, 0.15) is 5.75 Å². The summed E-state index contributed by atoms with van der Waals surface area (Å²) in [5.74, 6) is -0.294. The molecule has 0 amide bonds. The zero-order valence-electron chi connectivity index (χ0n) is 8.10. The highest BCUT2D eigenvalue weighted by atomic mass is 16.6. The number of hydrogen-bond donors (Lipinski definition) is 0. The highest BCUT2D eigenvalue weighted by Crippen LogP contribution is 2.17. The van der Waals surface area contributed by atoms with Gasteiger partial charge in [-0.2, -0.15) is 0 Å². The second-order valence-electron chi connectivity index (χ2n) is 2.92. The molecule has 78 valence electrons. The smallest absolute Gasteiger partial charge is 0.338 e. The number of non-ortho nitro benzene ring substituents is 1. The van der Waals surface area contributed by atoms with Crippen LogP contribution in [0.3, 0.4) is 0 Å². The summed E-state index contributed by atoms with van der Waals surface area (Å²) in [7, 11) is 0. The number of nitro benzene ring substituents is 1. The van der Waals surface area contributed by atoms with Gasteiger partial charge in [0.15, 0.2) is 0 Å². The third kappa shape index (κ3) is 2.91. The lowest BCUT2D eigenvalue weighted by atomic mass is 10.3. The first-order valence-electron chi connectivity index (χ1n) is 4.13. The number of nitro groups is 1. The van der Waals surface area contributed by atoms with E-state index < -0.39 is 10.9 Å². The van der Waals surface area contributed by atoms with Crippen LogP contribution in [0.5, 0.6) is 5.75 Å². The lowest BCUT2D eigenvalue weighted by Gasteiger charge is -2.02. The molecule has 0 heterocycles. The maximum absolute atomic E-state index is 11.1. The van der Waals surface area contributed by atoms with E-state index in [1.54, 1.807) is 0 Å². The predicted molar refractivity (Wildman–Crippen MR) is 53.5 cm³/mol. The van der Waals surface area contributed by atoms with Crippen LogP contribution in [0.2, 0.25) is 0 Å². The molecule has 0 radical (unpaired) electrons. The van der Waals surface area contributed by atoms with Crippen LogP contribution in [0.25, 0.3) is 0 Å². The van der Waals surface area contributed by atoms with Gasteiger partial charge in [0.05, 0.1) is 4.92 Å². The molecule has 0 unspecified atom stereocenters. The molecular weight excluding hydrogens is 198 g/mol. The van der Waals surface area contributed by atoms with Crippen LogP contribution in [0.1, 0.15) is 6.92 Å².